The Bertz CT molecular complexity index is 372. The van der Waals surface area contributed by atoms with Crippen molar-refractivity contribution in [3.63, 3.8) is 0 Å². The molecule has 0 aliphatic carbocycles. The molecule has 0 radical (unpaired) electrons. The largest absolute Gasteiger partial charge is 0.493 e. The number of nitrogens with one attached hydrogen (secondary N) is 1. The van der Waals surface area contributed by atoms with Crippen molar-refractivity contribution >= 4 is 24.0 Å². The lowest BCUT2D eigenvalue weighted by Crippen LogP contribution is -2.24. The average Bonchev–Trinajstić information content (AvgIpc) is 2.34. The summed E-state index contributed by atoms with van der Waals surface area (Å²) in [4.78, 5) is 0. The number of rotatable bonds is 6. The minimum absolute atomic E-state index is 0. The van der Waals surface area contributed by atoms with E-state index in [4.69, 9.17) is 21.1 Å². The highest BCUT2D eigenvalue weighted by Gasteiger charge is 2.11. The van der Waals surface area contributed by atoms with Crippen LogP contribution in [0.25, 0.3) is 0 Å². The molecule has 0 fully saturated rings. The van der Waals surface area contributed by atoms with Gasteiger partial charge in [-0.1, -0.05) is 18.5 Å². The van der Waals surface area contributed by atoms with E-state index < -0.39 is 0 Å². The van der Waals surface area contributed by atoms with Crippen molar-refractivity contribution in [2.75, 3.05) is 14.2 Å². The van der Waals surface area contributed by atoms with Crippen molar-refractivity contribution in [3.05, 3.63) is 22.7 Å². The number of hydrogen-bond acceptors (Lipinski definition) is 3. The third-order valence-electron chi connectivity index (χ3n) is 2.76. The predicted octanol–water partition coefficient (Wildman–Crippen LogP) is 3.67. The van der Waals surface area contributed by atoms with E-state index in [2.05, 4.69) is 19.2 Å². The van der Waals surface area contributed by atoms with Crippen LogP contribution in [0.1, 0.15) is 25.8 Å². The summed E-state index contributed by atoms with van der Waals surface area (Å²) < 4.78 is 10.4. The molecule has 3 nitrogen and oxygen atoms in total. The minimum atomic E-state index is 0. The second-order valence-electron chi connectivity index (χ2n) is 4.00. The Balaban J connectivity index is 0.00000289. The molecule has 0 amide bonds. The Morgan fingerprint density at radius 3 is 2.44 bits per heavy atom. The van der Waals surface area contributed by atoms with E-state index in [9.17, 15) is 0 Å². The quantitative estimate of drug-likeness (QED) is 0.868. The molecular weight excluding hydrogens is 273 g/mol. The number of methoxy groups -OCH3 is 2. The molecule has 1 N–H and O–H groups in total. The predicted molar refractivity (Wildman–Crippen MR) is 78.4 cm³/mol. The number of ether oxygens (including phenoxy) is 2. The maximum Gasteiger partial charge on any atom is 0.179 e. The molecule has 1 unspecified atom stereocenters. The van der Waals surface area contributed by atoms with Gasteiger partial charge in [-0.2, -0.15) is 0 Å². The van der Waals surface area contributed by atoms with E-state index >= 15 is 0 Å². The van der Waals surface area contributed by atoms with E-state index in [1.54, 1.807) is 14.2 Å². The lowest BCUT2D eigenvalue weighted by molar-refractivity contribution is 0.354. The number of hydrogen-bond donors (Lipinski definition) is 1. The molecule has 5 heteroatoms. The molecule has 1 rings (SSSR count). The summed E-state index contributed by atoms with van der Waals surface area (Å²) in [5, 5.41) is 3.99. The topological polar surface area (TPSA) is 30.5 Å². The highest BCUT2D eigenvalue weighted by molar-refractivity contribution is 6.32. The first kappa shape index (κ1) is 17.4. The van der Waals surface area contributed by atoms with Crippen LogP contribution in [0.4, 0.5) is 0 Å². The fraction of sp³-hybridized carbons (Fsp3) is 0.538. The van der Waals surface area contributed by atoms with Gasteiger partial charge in [-0.3, -0.25) is 0 Å². The lowest BCUT2D eigenvalue weighted by atomic mass is 10.1. The zero-order valence-electron chi connectivity index (χ0n) is 11.2. The average molecular weight is 294 g/mol. The first-order chi connectivity index (χ1) is 8.12. The third-order valence-corrected chi connectivity index (χ3v) is 3.04. The van der Waals surface area contributed by atoms with Crippen molar-refractivity contribution in [1.82, 2.24) is 5.32 Å². The van der Waals surface area contributed by atoms with Gasteiger partial charge >= 0.3 is 0 Å². The molecule has 0 bridgehead atoms. The van der Waals surface area contributed by atoms with Crippen LogP contribution in [0.5, 0.6) is 11.5 Å². The van der Waals surface area contributed by atoms with Gasteiger partial charge < -0.3 is 14.8 Å². The van der Waals surface area contributed by atoms with Gasteiger partial charge in [0.05, 0.1) is 19.2 Å². The van der Waals surface area contributed by atoms with Gasteiger partial charge in [0.15, 0.2) is 11.5 Å². The second-order valence-corrected chi connectivity index (χ2v) is 4.41. The zero-order chi connectivity index (χ0) is 12.8. The van der Waals surface area contributed by atoms with Gasteiger partial charge in [0.2, 0.25) is 0 Å². The van der Waals surface area contributed by atoms with E-state index in [0.717, 1.165) is 18.5 Å². The van der Waals surface area contributed by atoms with Gasteiger partial charge in [0, 0.05) is 12.6 Å². The van der Waals surface area contributed by atoms with Gasteiger partial charge in [-0.25, -0.2) is 0 Å². The van der Waals surface area contributed by atoms with E-state index in [1.165, 1.54) is 0 Å². The Morgan fingerprint density at radius 2 is 1.94 bits per heavy atom. The molecule has 0 spiro atoms. The summed E-state index contributed by atoms with van der Waals surface area (Å²) >= 11 is 6.13. The number of halogens is 2. The van der Waals surface area contributed by atoms with E-state index in [-0.39, 0.29) is 12.4 Å². The van der Waals surface area contributed by atoms with Crippen LogP contribution in [0.2, 0.25) is 5.02 Å². The minimum Gasteiger partial charge on any atom is -0.493 e. The van der Waals surface area contributed by atoms with Crippen LogP contribution < -0.4 is 14.8 Å². The zero-order valence-corrected chi connectivity index (χ0v) is 12.8. The SMILES string of the molecule is CCC(C)NCc1cc(Cl)c(OC)c(OC)c1.Cl. The molecule has 0 saturated heterocycles. The van der Waals surface area contributed by atoms with Crippen LogP contribution in [-0.2, 0) is 6.54 Å². The molecule has 0 heterocycles. The third kappa shape index (κ3) is 4.56. The Morgan fingerprint density at radius 1 is 1.28 bits per heavy atom. The molecule has 0 saturated carbocycles. The highest BCUT2D eigenvalue weighted by atomic mass is 35.5. The standard InChI is InChI=1S/C13H20ClNO2.ClH/c1-5-9(2)15-8-10-6-11(14)13(17-4)12(7-10)16-3;/h6-7,9,15H,5,8H2,1-4H3;1H. The molecule has 1 atom stereocenters. The molecule has 0 aromatic heterocycles. The van der Waals surface area contributed by atoms with Gasteiger partial charge in [0.1, 0.15) is 0 Å². The van der Waals surface area contributed by atoms with Gasteiger partial charge in [-0.15, -0.1) is 12.4 Å². The van der Waals surface area contributed by atoms with Crippen LogP contribution in [-0.4, -0.2) is 20.3 Å². The molecule has 104 valence electrons. The summed E-state index contributed by atoms with van der Waals surface area (Å²) in [5.41, 5.74) is 1.09. The van der Waals surface area contributed by atoms with Crippen molar-refractivity contribution < 1.29 is 9.47 Å². The Labute approximate surface area is 120 Å². The van der Waals surface area contributed by atoms with E-state index in [1.807, 2.05) is 12.1 Å². The summed E-state index contributed by atoms with van der Waals surface area (Å²) in [7, 11) is 3.20. The lowest BCUT2D eigenvalue weighted by Gasteiger charge is -2.14. The fourth-order valence-electron chi connectivity index (χ4n) is 1.51. The maximum absolute atomic E-state index is 6.13. The van der Waals surface area contributed by atoms with Crippen molar-refractivity contribution in [2.24, 2.45) is 0 Å². The highest BCUT2D eigenvalue weighted by Crippen LogP contribution is 2.35. The smallest absolute Gasteiger partial charge is 0.179 e. The Kier molecular flexibility index (Phi) is 8.16. The first-order valence-electron chi connectivity index (χ1n) is 5.76. The molecule has 0 aliphatic rings. The Hall–Kier alpha value is -0.640. The van der Waals surface area contributed by atoms with Gasteiger partial charge in [-0.05, 0) is 31.0 Å². The molecule has 0 aliphatic heterocycles. The summed E-state index contributed by atoms with van der Waals surface area (Å²) in [6.45, 7) is 5.08. The van der Waals surface area contributed by atoms with Crippen LogP contribution in [0, 0.1) is 0 Å². The first-order valence-corrected chi connectivity index (χ1v) is 6.13. The molecule has 1 aromatic carbocycles. The van der Waals surface area contributed by atoms with Crippen molar-refractivity contribution in [2.45, 2.75) is 32.9 Å². The summed E-state index contributed by atoms with van der Waals surface area (Å²) in [6.07, 6.45) is 1.10. The van der Waals surface area contributed by atoms with Crippen molar-refractivity contribution in [3.8, 4) is 11.5 Å². The second kappa shape index (κ2) is 8.46. The van der Waals surface area contributed by atoms with Crippen LogP contribution in [0.15, 0.2) is 12.1 Å². The normalized spacial score (nSPS) is 11.6. The van der Waals surface area contributed by atoms with Crippen LogP contribution >= 0.6 is 24.0 Å². The summed E-state index contributed by atoms with van der Waals surface area (Å²) in [5.74, 6) is 1.25. The van der Waals surface area contributed by atoms with E-state index in [0.29, 0.717) is 22.6 Å². The van der Waals surface area contributed by atoms with Crippen molar-refractivity contribution in [1.29, 1.82) is 0 Å². The fourth-order valence-corrected chi connectivity index (χ4v) is 1.82. The van der Waals surface area contributed by atoms with Crippen LogP contribution in [0.3, 0.4) is 0 Å². The molecule has 1 aromatic rings. The monoisotopic (exact) mass is 293 g/mol. The molecule has 18 heavy (non-hydrogen) atoms. The summed E-state index contributed by atoms with van der Waals surface area (Å²) in [6, 6.07) is 4.33. The number of benzene rings is 1. The van der Waals surface area contributed by atoms with Gasteiger partial charge in [0.25, 0.3) is 0 Å². The maximum atomic E-state index is 6.13. The molecular formula is C13H21Cl2NO2.